The van der Waals surface area contributed by atoms with Crippen molar-refractivity contribution in [2.24, 2.45) is 0 Å². The van der Waals surface area contributed by atoms with Crippen molar-refractivity contribution in [2.75, 3.05) is 5.73 Å². The van der Waals surface area contributed by atoms with E-state index < -0.39 is 5.97 Å². The zero-order valence-electron chi connectivity index (χ0n) is 9.97. The summed E-state index contributed by atoms with van der Waals surface area (Å²) in [6, 6.07) is 13.1. The van der Waals surface area contributed by atoms with Crippen LogP contribution in [0.15, 0.2) is 51.8 Å². The smallest absolute Gasteiger partial charge is 0.338 e. The number of nitrogens with two attached hydrogens (primary N) is 1. The van der Waals surface area contributed by atoms with Crippen LogP contribution in [0.3, 0.4) is 0 Å². The fourth-order valence-electron chi connectivity index (χ4n) is 1.72. The van der Waals surface area contributed by atoms with Crippen LogP contribution in [0, 0.1) is 0 Å². The van der Waals surface area contributed by atoms with E-state index in [1.807, 2.05) is 24.3 Å². The van der Waals surface area contributed by atoms with Gasteiger partial charge in [0.25, 0.3) is 0 Å². The lowest BCUT2D eigenvalue weighted by Gasteiger charge is -2.08. The molecule has 0 bridgehead atoms. The average molecular weight is 338 g/mol. The lowest BCUT2D eigenvalue weighted by Crippen LogP contribution is -2.06. The monoisotopic (exact) mass is 337 g/mol. The first-order valence-electron chi connectivity index (χ1n) is 5.57. The number of nitrogen functional groups attached to an aromatic ring is 1. The minimum atomic E-state index is -0.983. The Morgan fingerprint density at radius 2 is 2.00 bits per heavy atom. The molecule has 2 aromatic rings. The molecule has 0 fully saturated rings. The molecule has 0 heterocycles. The second-order valence-corrected chi connectivity index (χ2v) is 5.90. The van der Waals surface area contributed by atoms with Crippen LogP contribution in [0.4, 0.5) is 5.69 Å². The lowest BCUT2D eigenvalue weighted by atomic mass is 10.1. The standard InChI is InChI=1S/C14H12BrNO2S/c15-10-4-2-5-11(7-10)19-8-9-3-1-6-12(16)13(9)14(17)18/h1-7H,8,16H2,(H,17,18). The van der Waals surface area contributed by atoms with E-state index in [1.165, 1.54) is 0 Å². The van der Waals surface area contributed by atoms with Crippen molar-refractivity contribution >= 4 is 39.3 Å². The van der Waals surface area contributed by atoms with Gasteiger partial charge in [0, 0.05) is 20.8 Å². The third-order valence-electron chi connectivity index (χ3n) is 2.59. The number of hydrogen-bond donors (Lipinski definition) is 2. The van der Waals surface area contributed by atoms with E-state index in [0.29, 0.717) is 11.4 Å². The first kappa shape index (κ1) is 14.0. The van der Waals surface area contributed by atoms with Crippen LogP contribution in [0.2, 0.25) is 0 Å². The van der Waals surface area contributed by atoms with Gasteiger partial charge in [-0.15, -0.1) is 11.8 Å². The van der Waals surface area contributed by atoms with Crippen molar-refractivity contribution in [3.8, 4) is 0 Å². The average Bonchev–Trinajstić information content (AvgIpc) is 2.36. The van der Waals surface area contributed by atoms with Gasteiger partial charge in [0.05, 0.1) is 5.56 Å². The molecule has 0 aliphatic heterocycles. The normalized spacial score (nSPS) is 10.4. The number of anilines is 1. The highest BCUT2D eigenvalue weighted by Gasteiger charge is 2.13. The maximum absolute atomic E-state index is 11.2. The van der Waals surface area contributed by atoms with Gasteiger partial charge in [-0.3, -0.25) is 0 Å². The Morgan fingerprint density at radius 1 is 1.26 bits per heavy atom. The van der Waals surface area contributed by atoms with Gasteiger partial charge in [0.2, 0.25) is 0 Å². The molecule has 98 valence electrons. The second-order valence-electron chi connectivity index (χ2n) is 3.93. The predicted octanol–water partition coefficient (Wildman–Crippen LogP) is 4.02. The number of carboxylic acid groups (broad SMARTS) is 1. The molecule has 5 heteroatoms. The fraction of sp³-hybridized carbons (Fsp3) is 0.0714. The summed E-state index contributed by atoms with van der Waals surface area (Å²) < 4.78 is 1.00. The van der Waals surface area contributed by atoms with Crippen LogP contribution in [0.25, 0.3) is 0 Å². The van der Waals surface area contributed by atoms with E-state index in [4.69, 9.17) is 5.73 Å². The number of aromatic carboxylic acids is 1. The van der Waals surface area contributed by atoms with Crippen LogP contribution >= 0.6 is 27.7 Å². The van der Waals surface area contributed by atoms with Gasteiger partial charge in [0.15, 0.2) is 0 Å². The van der Waals surface area contributed by atoms with Gasteiger partial charge in [-0.2, -0.15) is 0 Å². The maximum atomic E-state index is 11.2. The van der Waals surface area contributed by atoms with Crippen LogP contribution in [-0.2, 0) is 5.75 Å². The Bertz CT molecular complexity index is 616. The summed E-state index contributed by atoms with van der Waals surface area (Å²) in [6.07, 6.45) is 0. The quantitative estimate of drug-likeness (QED) is 0.653. The van der Waals surface area contributed by atoms with Crippen LogP contribution in [-0.4, -0.2) is 11.1 Å². The Balaban J connectivity index is 2.20. The minimum Gasteiger partial charge on any atom is -0.478 e. The Labute approximate surface area is 124 Å². The largest absolute Gasteiger partial charge is 0.478 e. The molecule has 0 amide bonds. The first-order valence-corrected chi connectivity index (χ1v) is 7.35. The summed E-state index contributed by atoms with van der Waals surface area (Å²) in [5.41, 5.74) is 6.96. The minimum absolute atomic E-state index is 0.199. The highest BCUT2D eigenvalue weighted by atomic mass is 79.9. The molecule has 0 aromatic heterocycles. The fourth-order valence-corrected chi connectivity index (χ4v) is 3.22. The molecular formula is C14H12BrNO2S. The number of hydrogen-bond acceptors (Lipinski definition) is 3. The molecule has 19 heavy (non-hydrogen) atoms. The molecule has 3 nitrogen and oxygen atoms in total. The zero-order chi connectivity index (χ0) is 13.8. The Morgan fingerprint density at radius 3 is 2.68 bits per heavy atom. The lowest BCUT2D eigenvalue weighted by molar-refractivity contribution is 0.0697. The molecule has 0 aliphatic rings. The summed E-state index contributed by atoms with van der Waals surface area (Å²) >= 11 is 4.99. The molecule has 0 radical (unpaired) electrons. The highest BCUT2D eigenvalue weighted by Crippen LogP contribution is 2.28. The van der Waals surface area contributed by atoms with Gasteiger partial charge < -0.3 is 10.8 Å². The number of benzene rings is 2. The van der Waals surface area contributed by atoms with Crippen LogP contribution < -0.4 is 5.73 Å². The number of halogens is 1. The molecular weight excluding hydrogens is 326 g/mol. The van der Waals surface area contributed by atoms with E-state index in [1.54, 1.807) is 30.0 Å². The highest BCUT2D eigenvalue weighted by molar-refractivity contribution is 9.10. The maximum Gasteiger partial charge on any atom is 0.338 e. The predicted molar refractivity (Wildman–Crippen MR) is 81.5 cm³/mol. The van der Waals surface area contributed by atoms with Crippen LogP contribution in [0.5, 0.6) is 0 Å². The molecule has 0 atom stereocenters. The third kappa shape index (κ3) is 3.52. The second kappa shape index (κ2) is 6.12. The third-order valence-corrected chi connectivity index (χ3v) is 4.12. The molecule has 3 N–H and O–H groups in total. The van der Waals surface area contributed by atoms with Crippen molar-refractivity contribution in [2.45, 2.75) is 10.6 Å². The summed E-state index contributed by atoms with van der Waals surface area (Å²) in [4.78, 5) is 12.3. The molecule has 2 rings (SSSR count). The van der Waals surface area contributed by atoms with Gasteiger partial charge >= 0.3 is 5.97 Å². The van der Waals surface area contributed by atoms with E-state index in [0.717, 1.165) is 14.9 Å². The Hall–Kier alpha value is -1.46. The van der Waals surface area contributed by atoms with Crippen molar-refractivity contribution < 1.29 is 9.90 Å². The molecule has 0 saturated heterocycles. The number of thioether (sulfide) groups is 1. The summed E-state index contributed by atoms with van der Waals surface area (Å²) in [5, 5.41) is 9.19. The van der Waals surface area contributed by atoms with Crippen molar-refractivity contribution in [3.63, 3.8) is 0 Å². The molecule has 0 spiro atoms. The SMILES string of the molecule is Nc1cccc(CSc2cccc(Br)c2)c1C(=O)O. The van der Waals surface area contributed by atoms with Crippen LogP contribution in [0.1, 0.15) is 15.9 Å². The van der Waals surface area contributed by atoms with Gasteiger partial charge in [-0.25, -0.2) is 4.79 Å². The summed E-state index contributed by atoms with van der Waals surface area (Å²) in [5.74, 6) is -0.411. The summed E-state index contributed by atoms with van der Waals surface area (Å²) in [7, 11) is 0. The topological polar surface area (TPSA) is 63.3 Å². The van der Waals surface area contributed by atoms with Gasteiger partial charge in [-0.1, -0.05) is 34.1 Å². The zero-order valence-corrected chi connectivity index (χ0v) is 12.4. The number of rotatable bonds is 4. The molecule has 0 unspecified atom stereocenters. The van der Waals surface area contributed by atoms with Gasteiger partial charge in [-0.05, 0) is 29.8 Å². The number of carboxylic acids is 1. The molecule has 0 aliphatic carbocycles. The van der Waals surface area contributed by atoms with Crippen molar-refractivity contribution in [1.82, 2.24) is 0 Å². The van der Waals surface area contributed by atoms with E-state index in [2.05, 4.69) is 15.9 Å². The number of carbonyl (C=O) groups is 1. The van der Waals surface area contributed by atoms with E-state index in [9.17, 15) is 9.90 Å². The van der Waals surface area contributed by atoms with E-state index in [-0.39, 0.29) is 5.56 Å². The van der Waals surface area contributed by atoms with Crippen molar-refractivity contribution in [1.29, 1.82) is 0 Å². The molecule has 2 aromatic carbocycles. The van der Waals surface area contributed by atoms with Crippen molar-refractivity contribution in [3.05, 3.63) is 58.1 Å². The summed E-state index contributed by atoms with van der Waals surface area (Å²) in [6.45, 7) is 0. The van der Waals surface area contributed by atoms with E-state index >= 15 is 0 Å². The Kier molecular flexibility index (Phi) is 4.50. The molecule has 0 saturated carbocycles. The van der Waals surface area contributed by atoms with Gasteiger partial charge in [0.1, 0.15) is 0 Å². The first-order chi connectivity index (χ1) is 9.08.